The molecule has 1 aliphatic heterocycles. The molecule has 1 atom stereocenters. The van der Waals surface area contributed by atoms with Crippen molar-refractivity contribution < 1.29 is 14.3 Å². The highest BCUT2D eigenvalue weighted by Gasteiger charge is 2.27. The van der Waals surface area contributed by atoms with Gasteiger partial charge in [0, 0.05) is 5.56 Å². The van der Waals surface area contributed by atoms with Crippen LogP contribution in [0.25, 0.3) is 10.8 Å². The van der Waals surface area contributed by atoms with Gasteiger partial charge in [0.1, 0.15) is 6.61 Å². The molecule has 1 N–H and O–H groups in total. The van der Waals surface area contributed by atoms with Gasteiger partial charge in [0.15, 0.2) is 11.5 Å². The summed E-state index contributed by atoms with van der Waals surface area (Å²) in [5.74, 6) is 0.894. The van der Waals surface area contributed by atoms with Crippen molar-refractivity contribution in [3.05, 3.63) is 71.3 Å². The predicted octanol–water partition coefficient (Wildman–Crippen LogP) is 3.23. The first-order valence-corrected chi connectivity index (χ1v) is 9.04. The Morgan fingerprint density at radius 1 is 1.00 bits per heavy atom. The maximum absolute atomic E-state index is 12.4. The number of amides is 1. The molecule has 5 rings (SSSR count). The first-order valence-electron chi connectivity index (χ1n) is 9.04. The van der Waals surface area contributed by atoms with Crippen molar-refractivity contribution in [2.45, 2.75) is 18.9 Å². The van der Waals surface area contributed by atoms with E-state index >= 15 is 0 Å². The first kappa shape index (κ1) is 15.9. The molecule has 0 saturated carbocycles. The molecule has 0 saturated heterocycles. The molecular weight excluding hydrogens is 340 g/mol. The highest BCUT2D eigenvalue weighted by molar-refractivity contribution is 6.03. The Bertz CT molecular complexity index is 1060. The summed E-state index contributed by atoms with van der Waals surface area (Å²) in [5, 5.41) is 6.64. The highest BCUT2D eigenvalue weighted by atomic mass is 16.6. The van der Waals surface area contributed by atoms with E-state index in [0.29, 0.717) is 11.5 Å². The maximum atomic E-state index is 12.4. The van der Waals surface area contributed by atoms with Crippen LogP contribution in [-0.2, 0) is 17.6 Å². The number of carbonyl (C=O) groups excluding carboxylic acids is 1. The van der Waals surface area contributed by atoms with Crippen molar-refractivity contribution in [1.82, 2.24) is 5.43 Å². The summed E-state index contributed by atoms with van der Waals surface area (Å²) in [4.78, 5) is 12.4. The van der Waals surface area contributed by atoms with Crippen LogP contribution >= 0.6 is 0 Å². The summed E-state index contributed by atoms with van der Waals surface area (Å²) in [5.41, 5.74) is 6.32. The lowest BCUT2D eigenvalue weighted by Gasteiger charge is -2.24. The standard InChI is InChI=1S/C22H18N2O3/c25-22(20-13-26-18-6-1-2-7-19(18)27-20)24-23-12-16-11-10-15-9-8-14-4-3-5-17(16)21(14)15/h1-7,10-12,20H,8-9,13H2,(H,24,25)/b23-12-/t20-/m0/s1. The van der Waals surface area contributed by atoms with E-state index in [1.54, 1.807) is 12.3 Å². The van der Waals surface area contributed by atoms with Crippen molar-refractivity contribution in [3.63, 3.8) is 0 Å². The van der Waals surface area contributed by atoms with E-state index in [-0.39, 0.29) is 12.5 Å². The Morgan fingerprint density at radius 2 is 1.81 bits per heavy atom. The molecule has 5 nitrogen and oxygen atoms in total. The molecule has 134 valence electrons. The van der Waals surface area contributed by atoms with E-state index in [1.165, 1.54) is 21.9 Å². The molecule has 3 aromatic rings. The lowest BCUT2D eigenvalue weighted by Crippen LogP contribution is -2.42. The van der Waals surface area contributed by atoms with Crippen LogP contribution < -0.4 is 14.9 Å². The van der Waals surface area contributed by atoms with Gasteiger partial charge >= 0.3 is 0 Å². The summed E-state index contributed by atoms with van der Waals surface area (Å²) < 4.78 is 11.3. The lowest BCUT2D eigenvalue weighted by molar-refractivity contribution is -0.130. The zero-order valence-electron chi connectivity index (χ0n) is 14.6. The number of carbonyl (C=O) groups is 1. The van der Waals surface area contributed by atoms with E-state index in [2.05, 4.69) is 40.9 Å². The van der Waals surface area contributed by atoms with Gasteiger partial charge in [0.05, 0.1) is 6.21 Å². The van der Waals surface area contributed by atoms with E-state index in [9.17, 15) is 4.79 Å². The summed E-state index contributed by atoms with van der Waals surface area (Å²) in [7, 11) is 0. The highest BCUT2D eigenvalue weighted by Crippen LogP contribution is 2.32. The number of benzene rings is 3. The molecule has 0 bridgehead atoms. The smallest absolute Gasteiger partial charge is 0.284 e. The molecule has 2 aliphatic rings. The maximum Gasteiger partial charge on any atom is 0.284 e. The van der Waals surface area contributed by atoms with Crippen LogP contribution in [0.4, 0.5) is 0 Å². The Labute approximate surface area is 156 Å². The summed E-state index contributed by atoms with van der Waals surface area (Å²) >= 11 is 0. The fourth-order valence-corrected chi connectivity index (χ4v) is 3.77. The first-order chi connectivity index (χ1) is 13.3. The Kier molecular flexibility index (Phi) is 3.78. The molecule has 3 aromatic carbocycles. The van der Waals surface area contributed by atoms with Crippen molar-refractivity contribution in [2.24, 2.45) is 5.10 Å². The van der Waals surface area contributed by atoms with Crippen LogP contribution in [-0.4, -0.2) is 24.8 Å². The van der Waals surface area contributed by atoms with Gasteiger partial charge in [0.2, 0.25) is 6.10 Å². The minimum atomic E-state index is -0.718. The van der Waals surface area contributed by atoms with Crippen LogP contribution in [0.15, 0.2) is 59.7 Å². The molecule has 0 fully saturated rings. The van der Waals surface area contributed by atoms with Crippen molar-refractivity contribution in [1.29, 1.82) is 0 Å². The molecule has 27 heavy (non-hydrogen) atoms. The molecular formula is C22H18N2O3. The molecule has 1 aliphatic carbocycles. The quantitative estimate of drug-likeness (QED) is 0.578. The van der Waals surface area contributed by atoms with Crippen molar-refractivity contribution in [3.8, 4) is 11.5 Å². The number of para-hydroxylation sites is 2. The number of nitrogens with one attached hydrogen (secondary N) is 1. The van der Waals surface area contributed by atoms with Gasteiger partial charge in [0.25, 0.3) is 5.91 Å². The average molecular weight is 358 g/mol. The largest absolute Gasteiger partial charge is 0.485 e. The third kappa shape index (κ3) is 2.81. The molecule has 5 heteroatoms. The van der Waals surface area contributed by atoms with Crippen LogP contribution in [0.5, 0.6) is 11.5 Å². The predicted molar refractivity (Wildman–Crippen MR) is 103 cm³/mol. The number of aryl methyl sites for hydroxylation is 2. The molecule has 1 heterocycles. The summed E-state index contributed by atoms with van der Waals surface area (Å²) in [6, 6.07) is 17.9. The molecule has 0 unspecified atom stereocenters. The third-order valence-corrected chi connectivity index (χ3v) is 5.09. The van der Waals surface area contributed by atoms with Crippen molar-refractivity contribution >= 4 is 22.9 Å². The van der Waals surface area contributed by atoms with E-state index in [1.807, 2.05) is 18.2 Å². The number of hydrogen-bond acceptors (Lipinski definition) is 4. The van der Waals surface area contributed by atoms with E-state index < -0.39 is 6.10 Å². The summed E-state index contributed by atoms with van der Waals surface area (Å²) in [6.45, 7) is 0.166. The molecule has 0 radical (unpaired) electrons. The number of nitrogens with zero attached hydrogens (tertiary/aromatic N) is 1. The number of ether oxygens (including phenoxy) is 2. The number of hydrazone groups is 1. The molecule has 1 amide bonds. The summed E-state index contributed by atoms with van der Waals surface area (Å²) in [6.07, 6.45) is 3.15. The zero-order chi connectivity index (χ0) is 18.2. The normalized spacial score (nSPS) is 17.4. The van der Waals surface area contributed by atoms with Gasteiger partial charge in [-0.05, 0) is 46.9 Å². The molecule has 0 spiro atoms. The van der Waals surface area contributed by atoms with Gasteiger partial charge < -0.3 is 9.47 Å². The van der Waals surface area contributed by atoms with Gasteiger partial charge in [-0.3, -0.25) is 4.79 Å². The topological polar surface area (TPSA) is 59.9 Å². The fraction of sp³-hybridized carbons (Fsp3) is 0.182. The second-order valence-electron chi connectivity index (χ2n) is 6.75. The Hall–Kier alpha value is -3.34. The number of hydrogen-bond donors (Lipinski definition) is 1. The van der Waals surface area contributed by atoms with Crippen LogP contribution in [0.3, 0.4) is 0 Å². The molecule has 0 aromatic heterocycles. The van der Waals surface area contributed by atoms with Crippen LogP contribution in [0, 0.1) is 0 Å². The van der Waals surface area contributed by atoms with Crippen LogP contribution in [0.2, 0.25) is 0 Å². The van der Waals surface area contributed by atoms with Crippen LogP contribution in [0.1, 0.15) is 16.7 Å². The minimum absolute atomic E-state index is 0.166. The van der Waals surface area contributed by atoms with Gasteiger partial charge in [-0.15, -0.1) is 0 Å². The Morgan fingerprint density at radius 3 is 2.70 bits per heavy atom. The lowest BCUT2D eigenvalue weighted by atomic mass is 10.0. The number of rotatable bonds is 3. The van der Waals surface area contributed by atoms with Crippen molar-refractivity contribution in [2.75, 3.05) is 6.61 Å². The van der Waals surface area contributed by atoms with E-state index in [0.717, 1.165) is 18.4 Å². The number of fused-ring (bicyclic) bond motifs is 1. The monoisotopic (exact) mass is 358 g/mol. The Balaban J connectivity index is 1.32. The van der Waals surface area contributed by atoms with Gasteiger partial charge in [-0.25, -0.2) is 5.43 Å². The van der Waals surface area contributed by atoms with E-state index in [4.69, 9.17) is 9.47 Å². The van der Waals surface area contributed by atoms with Gasteiger partial charge in [-0.2, -0.15) is 5.10 Å². The fourth-order valence-electron chi connectivity index (χ4n) is 3.77. The SMILES string of the molecule is O=C(N/N=C\c1ccc2c3c(cccc13)CC2)[C@@H]1COc2ccccc2O1. The zero-order valence-corrected chi connectivity index (χ0v) is 14.6. The second-order valence-corrected chi connectivity index (χ2v) is 6.75. The average Bonchev–Trinajstić information content (AvgIpc) is 3.14. The minimum Gasteiger partial charge on any atom is -0.485 e. The third-order valence-electron chi connectivity index (χ3n) is 5.09. The second kappa shape index (κ2) is 6.43. The van der Waals surface area contributed by atoms with Gasteiger partial charge in [-0.1, -0.05) is 42.5 Å².